The quantitative estimate of drug-likeness (QED) is 0.192. The Balaban J connectivity index is 1.39. The third kappa shape index (κ3) is 8.57. The molecule has 0 saturated heterocycles. The lowest BCUT2D eigenvalue weighted by molar-refractivity contribution is 0.0953. The second-order valence-electron chi connectivity index (χ2n) is 9.22. The predicted octanol–water partition coefficient (Wildman–Crippen LogP) is 8.08. The highest BCUT2D eigenvalue weighted by atomic mass is 79.9. The van der Waals surface area contributed by atoms with E-state index in [0.29, 0.717) is 12.1 Å². The van der Waals surface area contributed by atoms with Crippen LogP contribution in [-0.2, 0) is 13.0 Å². The molecule has 0 fully saturated rings. The Morgan fingerprint density at radius 1 is 0.853 bits per heavy atom. The van der Waals surface area contributed by atoms with E-state index < -0.39 is 0 Å². The van der Waals surface area contributed by atoms with Crippen LogP contribution in [0, 0.1) is 0 Å². The topological polar surface area (TPSA) is 46.9 Å². The zero-order valence-corrected chi connectivity index (χ0v) is 22.3. The summed E-state index contributed by atoms with van der Waals surface area (Å²) in [5.41, 5.74) is 3.08. The van der Waals surface area contributed by atoms with Gasteiger partial charge in [-0.15, -0.1) is 0 Å². The fraction of sp³-hybridized carbons (Fsp3) is 0.517. The van der Waals surface area contributed by atoms with Crippen LogP contribution < -0.4 is 5.32 Å². The van der Waals surface area contributed by atoms with Gasteiger partial charge in [-0.2, -0.15) is 0 Å². The molecule has 1 heterocycles. The van der Waals surface area contributed by atoms with Gasteiger partial charge in [0.25, 0.3) is 5.91 Å². The average Bonchev–Trinajstić information content (AvgIpc) is 3.20. The third-order valence-corrected chi connectivity index (χ3v) is 6.97. The van der Waals surface area contributed by atoms with E-state index in [1.165, 1.54) is 62.7 Å². The summed E-state index contributed by atoms with van der Waals surface area (Å²) < 4.78 is 3.43. The number of carbonyl (C=O) groups is 1. The van der Waals surface area contributed by atoms with Crippen molar-refractivity contribution in [2.75, 3.05) is 6.54 Å². The first-order chi connectivity index (χ1) is 16.7. The summed E-state index contributed by atoms with van der Waals surface area (Å²) in [6.45, 7) is 4.05. The maximum Gasteiger partial charge on any atom is 0.251 e. The minimum absolute atomic E-state index is 0.000318. The third-order valence-electron chi connectivity index (χ3n) is 6.44. The summed E-state index contributed by atoms with van der Waals surface area (Å²) in [7, 11) is 0. The molecule has 0 aliphatic carbocycles. The summed E-state index contributed by atoms with van der Waals surface area (Å²) in [5, 5.41) is 3.03. The van der Waals surface area contributed by atoms with Gasteiger partial charge in [-0.25, -0.2) is 4.98 Å². The van der Waals surface area contributed by atoms with E-state index in [9.17, 15) is 4.79 Å². The molecule has 1 amide bonds. The van der Waals surface area contributed by atoms with Crippen LogP contribution in [0.4, 0.5) is 0 Å². The molecule has 0 unspecified atom stereocenters. The van der Waals surface area contributed by atoms with Crippen molar-refractivity contribution in [2.24, 2.45) is 0 Å². The Kier molecular flexibility index (Phi) is 11.7. The molecule has 0 spiro atoms. The van der Waals surface area contributed by atoms with Crippen molar-refractivity contribution < 1.29 is 4.79 Å². The van der Waals surface area contributed by atoms with Crippen LogP contribution in [0.25, 0.3) is 11.0 Å². The molecular weight excluding hydrogens is 486 g/mol. The summed E-state index contributed by atoms with van der Waals surface area (Å²) >= 11 is 3.40. The maximum atomic E-state index is 12.2. The Bertz CT molecular complexity index is 996. The molecule has 34 heavy (non-hydrogen) atoms. The van der Waals surface area contributed by atoms with Gasteiger partial charge < -0.3 is 9.88 Å². The molecule has 2 aromatic carbocycles. The second-order valence-corrected chi connectivity index (χ2v) is 10.1. The largest absolute Gasteiger partial charge is 0.352 e. The molecule has 0 radical (unpaired) electrons. The van der Waals surface area contributed by atoms with Gasteiger partial charge >= 0.3 is 0 Å². The molecule has 0 bridgehead atoms. The van der Waals surface area contributed by atoms with Gasteiger partial charge in [0.2, 0.25) is 0 Å². The van der Waals surface area contributed by atoms with E-state index in [4.69, 9.17) is 4.98 Å². The summed E-state index contributed by atoms with van der Waals surface area (Å²) in [5.74, 6) is 1.21. The lowest BCUT2D eigenvalue weighted by atomic mass is 10.1. The van der Waals surface area contributed by atoms with Gasteiger partial charge in [0.05, 0.1) is 11.0 Å². The van der Waals surface area contributed by atoms with Gasteiger partial charge in [-0.05, 0) is 55.7 Å². The molecule has 3 aromatic rings. The van der Waals surface area contributed by atoms with Crippen LogP contribution in [0.1, 0.15) is 93.7 Å². The van der Waals surface area contributed by atoms with E-state index in [1.54, 1.807) is 0 Å². The van der Waals surface area contributed by atoms with Crippen molar-refractivity contribution >= 4 is 32.9 Å². The first-order valence-corrected chi connectivity index (χ1v) is 14.0. The Morgan fingerprint density at radius 2 is 1.53 bits per heavy atom. The first-order valence-electron chi connectivity index (χ1n) is 13.2. The SMILES string of the molecule is CCCCCCCCCCn1c(CCCCCNC(=O)c2ccc(Br)cc2)nc2ccccc21. The number of hydrogen-bond donors (Lipinski definition) is 1. The fourth-order valence-electron chi connectivity index (χ4n) is 4.46. The number of halogens is 1. The second kappa shape index (κ2) is 15.0. The number of fused-ring (bicyclic) bond motifs is 1. The van der Waals surface area contributed by atoms with Crippen molar-refractivity contribution in [1.82, 2.24) is 14.9 Å². The van der Waals surface area contributed by atoms with Gasteiger partial charge in [0.1, 0.15) is 5.82 Å². The molecule has 1 aromatic heterocycles. The molecular formula is C29H40BrN3O. The van der Waals surface area contributed by atoms with Gasteiger partial charge in [-0.1, -0.05) is 86.4 Å². The Morgan fingerprint density at radius 3 is 2.29 bits per heavy atom. The summed E-state index contributed by atoms with van der Waals surface area (Å²) in [6, 6.07) is 16.0. The number of carbonyl (C=O) groups excluding carboxylic acids is 1. The number of unbranched alkanes of at least 4 members (excludes halogenated alkanes) is 9. The first kappa shape index (κ1) is 26.5. The van der Waals surface area contributed by atoms with Gasteiger partial charge in [0, 0.05) is 29.5 Å². The number of nitrogens with one attached hydrogen (secondary N) is 1. The molecule has 5 heteroatoms. The number of nitrogens with zero attached hydrogens (tertiary/aromatic N) is 2. The highest BCUT2D eigenvalue weighted by molar-refractivity contribution is 9.10. The molecule has 1 N–H and O–H groups in total. The fourth-order valence-corrected chi connectivity index (χ4v) is 4.72. The number of aryl methyl sites for hydroxylation is 2. The van der Waals surface area contributed by atoms with Crippen LogP contribution in [0.5, 0.6) is 0 Å². The number of hydrogen-bond acceptors (Lipinski definition) is 2. The predicted molar refractivity (Wildman–Crippen MR) is 146 cm³/mol. The molecule has 0 atom stereocenters. The number of amides is 1. The van der Waals surface area contributed by atoms with Crippen molar-refractivity contribution in [1.29, 1.82) is 0 Å². The van der Waals surface area contributed by atoms with E-state index in [-0.39, 0.29) is 5.91 Å². The molecule has 0 aliphatic rings. The molecule has 3 rings (SSSR count). The minimum Gasteiger partial charge on any atom is -0.352 e. The van der Waals surface area contributed by atoms with Crippen molar-refractivity contribution in [3.05, 3.63) is 64.4 Å². The van der Waals surface area contributed by atoms with Crippen LogP contribution in [-0.4, -0.2) is 22.0 Å². The minimum atomic E-state index is -0.000318. The van der Waals surface area contributed by atoms with E-state index >= 15 is 0 Å². The van der Waals surface area contributed by atoms with Crippen molar-refractivity contribution in [3.8, 4) is 0 Å². The van der Waals surface area contributed by atoms with Crippen LogP contribution >= 0.6 is 15.9 Å². The number of para-hydroxylation sites is 2. The molecule has 0 saturated carbocycles. The van der Waals surface area contributed by atoms with Crippen molar-refractivity contribution in [3.63, 3.8) is 0 Å². The van der Waals surface area contributed by atoms with Gasteiger partial charge in [0.15, 0.2) is 0 Å². The Labute approximate surface area is 213 Å². The molecule has 4 nitrogen and oxygen atoms in total. The zero-order chi connectivity index (χ0) is 24.0. The monoisotopic (exact) mass is 525 g/mol. The van der Waals surface area contributed by atoms with Crippen LogP contribution in [0.2, 0.25) is 0 Å². The maximum absolute atomic E-state index is 12.2. The highest BCUT2D eigenvalue weighted by Gasteiger charge is 2.10. The lowest BCUT2D eigenvalue weighted by Gasteiger charge is -2.10. The average molecular weight is 527 g/mol. The molecule has 0 aliphatic heterocycles. The molecule has 184 valence electrons. The number of aromatic nitrogens is 2. The normalized spacial score (nSPS) is 11.2. The standard InChI is InChI=1S/C29H40BrN3O/c1-2-3-4-5-6-7-8-14-23-33-27-16-12-11-15-26(27)32-28(33)17-10-9-13-22-31-29(34)24-18-20-25(30)21-19-24/h11-12,15-16,18-21H,2-10,13-14,17,22-23H2,1H3,(H,31,34). The number of imidazole rings is 1. The van der Waals surface area contributed by atoms with E-state index in [0.717, 1.165) is 42.2 Å². The van der Waals surface area contributed by atoms with Crippen LogP contribution in [0.3, 0.4) is 0 Å². The lowest BCUT2D eigenvalue weighted by Crippen LogP contribution is -2.24. The Hall–Kier alpha value is -2.14. The highest BCUT2D eigenvalue weighted by Crippen LogP contribution is 2.19. The smallest absolute Gasteiger partial charge is 0.251 e. The van der Waals surface area contributed by atoms with Crippen LogP contribution in [0.15, 0.2) is 53.0 Å². The van der Waals surface area contributed by atoms with Crippen molar-refractivity contribution in [2.45, 2.75) is 90.5 Å². The number of benzene rings is 2. The van der Waals surface area contributed by atoms with E-state index in [1.807, 2.05) is 24.3 Å². The summed E-state index contributed by atoms with van der Waals surface area (Å²) in [4.78, 5) is 17.2. The summed E-state index contributed by atoms with van der Waals surface area (Å²) in [6.07, 6.45) is 14.9. The van der Waals surface area contributed by atoms with E-state index in [2.05, 4.69) is 57.0 Å². The number of rotatable bonds is 16. The zero-order valence-electron chi connectivity index (χ0n) is 20.7. The van der Waals surface area contributed by atoms with Gasteiger partial charge in [-0.3, -0.25) is 4.79 Å².